The number of aliphatic carboxylic acids is 1. The molecule has 5 nitrogen and oxygen atoms in total. The predicted molar refractivity (Wildman–Crippen MR) is 65.3 cm³/mol. The first-order valence-corrected chi connectivity index (χ1v) is 6.08. The Hall–Kier alpha value is -2.38. The summed E-state index contributed by atoms with van der Waals surface area (Å²) in [7, 11) is 0. The quantitative estimate of drug-likeness (QED) is 0.917. The maximum atomic E-state index is 12.4. The monoisotopic (exact) mass is 300 g/mol. The van der Waals surface area contributed by atoms with Crippen LogP contribution in [-0.2, 0) is 17.4 Å². The number of alkyl halides is 3. The normalized spacial score (nSPS) is 11.6. The Morgan fingerprint density at radius 3 is 2.48 bits per heavy atom. The highest BCUT2D eigenvalue weighted by Crippen LogP contribution is 2.30. The van der Waals surface area contributed by atoms with Gasteiger partial charge in [0.1, 0.15) is 0 Å². The summed E-state index contributed by atoms with van der Waals surface area (Å²) in [6, 6.07) is 4.40. The molecule has 1 N–H and O–H groups in total. The number of benzene rings is 1. The first kappa shape index (κ1) is 15.0. The third-order valence-electron chi connectivity index (χ3n) is 2.72. The molecule has 112 valence electrons. The van der Waals surface area contributed by atoms with E-state index in [4.69, 9.17) is 9.63 Å². The molecular formula is C13H11F3N2O3. The van der Waals surface area contributed by atoms with E-state index in [-0.39, 0.29) is 18.1 Å². The SMILES string of the molecule is O=C(O)CCCc1nc(-c2ccc(C(F)(F)F)cc2)no1. The van der Waals surface area contributed by atoms with E-state index in [9.17, 15) is 18.0 Å². The van der Waals surface area contributed by atoms with Gasteiger partial charge in [0.25, 0.3) is 0 Å². The first-order chi connectivity index (χ1) is 9.86. The molecule has 0 aliphatic heterocycles. The van der Waals surface area contributed by atoms with Crippen molar-refractivity contribution in [3.8, 4) is 11.4 Å². The fourth-order valence-corrected chi connectivity index (χ4v) is 1.67. The molecular weight excluding hydrogens is 289 g/mol. The molecule has 0 aliphatic rings. The summed E-state index contributed by atoms with van der Waals surface area (Å²) in [5.41, 5.74) is -0.354. The molecule has 0 unspecified atom stereocenters. The molecule has 0 saturated carbocycles. The van der Waals surface area contributed by atoms with Gasteiger partial charge in [-0.1, -0.05) is 17.3 Å². The van der Waals surface area contributed by atoms with Gasteiger partial charge in [-0.15, -0.1) is 0 Å². The van der Waals surface area contributed by atoms with Gasteiger partial charge in [-0.3, -0.25) is 4.79 Å². The maximum Gasteiger partial charge on any atom is 0.416 e. The van der Waals surface area contributed by atoms with Gasteiger partial charge in [-0.2, -0.15) is 18.2 Å². The van der Waals surface area contributed by atoms with Gasteiger partial charge < -0.3 is 9.63 Å². The summed E-state index contributed by atoms with van der Waals surface area (Å²) in [5, 5.41) is 12.2. The standard InChI is InChI=1S/C13H11F3N2O3/c14-13(15,16)9-6-4-8(5-7-9)12-17-10(21-18-12)2-1-3-11(19)20/h4-7H,1-3H2,(H,19,20). The van der Waals surface area contributed by atoms with Crippen molar-refractivity contribution in [1.29, 1.82) is 0 Å². The Morgan fingerprint density at radius 1 is 1.24 bits per heavy atom. The lowest BCUT2D eigenvalue weighted by Crippen LogP contribution is -2.04. The second-order valence-corrected chi connectivity index (χ2v) is 4.33. The lowest BCUT2D eigenvalue weighted by atomic mass is 10.1. The Balaban J connectivity index is 2.05. The van der Waals surface area contributed by atoms with Crippen LogP contribution in [0, 0.1) is 0 Å². The highest BCUT2D eigenvalue weighted by atomic mass is 19.4. The van der Waals surface area contributed by atoms with Crippen LogP contribution < -0.4 is 0 Å². The number of hydrogen-bond acceptors (Lipinski definition) is 4. The van der Waals surface area contributed by atoms with Crippen molar-refractivity contribution < 1.29 is 27.6 Å². The second-order valence-electron chi connectivity index (χ2n) is 4.33. The van der Waals surface area contributed by atoms with E-state index in [1.165, 1.54) is 12.1 Å². The maximum absolute atomic E-state index is 12.4. The van der Waals surface area contributed by atoms with Crippen LogP contribution in [0.15, 0.2) is 28.8 Å². The molecule has 0 saturated heterocycles. The van der Waals surface area contributed by atoms with Crippen LogP contribution in [0.1, 0.15) is 24.3 Å². The number of carboxylic acid groups (broad SMARTS) is 1. The van der Waals surface area contributed by atoms with Crippen molar-refractivity contribution >= 4 is 5.97 Å². The highest BCUT2D eigenvalue weighted by Gasteiger charge is 2.30. The fourth-order valence-electron chi connectivity index (χ4n) is 1.67. The lowest BCUT2D eigenvalue weighted by Gasteiger charge is -2.05. The van der Waals surface area contributed by atoms with E-state index in [0.717, 1.165) is 12.1 Å². The van der Waals surface area contributed by atoms with Crippen molar-refractivity contribution in [2.45, 2.75) is 25.4 Å². The summed E-state index contributed by atoms with van der Waals surface area (Å²) in [6.07, 6.45) is -3.75. The van der Waals surface area contributed by atoms with E-state index in [1.807, 2.05) is 0 Å². The van der Waals surface area contributed by atoms with E-state index >= 15 is 0 Å². The summed E-state index contributed by atoms with van der Waals surface area (Å²) in [6.45, 7) is 0. The Bertz CT molecular complexity index is 620. The zero-order valence-electron chi connectivity index (χ0n) is 10.7. The minimum atomic E-state index is -4.39. The van der Waals surface area contributed by atoms with Crippen molar-refractivity contribution in [1.82, 2.24) is 10.1 Å². The Labute approximate surface area is 117 Å². The smallest absolute Gasteiger partial charge is 0.416 e. The number of carbonyl (C=O) groups is 1. The van der Waals surface area contributed by atoms with Gasteiger partial charge >= 0.3 is 12.1 Å². The van der Waals surface area contributed by atoms with Crippen molar-refractivity contribution in [3.05, 3.63) is 35.7 Å². The average Bonchev–Trinajstić information content (AvgIpc) is 2.86. The van der Waals surface area contributed by atoms with Gasteiger partial charge in [0.05, 0.1) is 5.56 Å². The Morgan fingerprint density at radius 2 is 1.90 bits per heavy atom. The zero-order chi connectivity index (χ0) is 15.5. The van der Waals surface area contributed by atoms with E-state index in [1.54, 1.807) is 0 Å². The molecule has 0 spiro atoms. The average molecular weight is 300 g/mol. The van der Waals surface area contributed by atoms with Crippen LogP contribution in [-0.4, -0.2) is 21.2 Å². The zero-order valence-corrected chi connectivity index (χ0v) is 10.7. The minimum absolute atomic E-state index is 0.0159. The van der Waals surface area contributed by atoms with Gasteiger partial charge in [-0.25, -0.2) is 0 Å². The number of halogens is 3. The van der Waals surface area contributed by atoms with E-state index < -0.39 is 17.7 Å². The van der Waals surface area contributed by atoms with Crippen LogP contribution in [0.3, 0.4) is 0 Å². The number of carboxylic acids is 1. The van der Waals surface area contributed by atoms with Gasteiger partial charge in [0, 0.05) is 18.4 Å². The topological polar surface area (TPSA) is 76.2 Å². The molecule has 2 aromatic rings. The van der Waals surface area contributed by atoms with Crippen LogP contribution in [0.5, 0.6) is 0 Å². The molecule has 8 heteroatoms. The summed E-state index contributed by atoms with van der Waals surface area (Å²) in [4.78, 5) is 14.4. The van der Waals surface area contributed by atoms with Crippen molar-refractivity contribution in [2.24, 2.45) is 0 Å². The number of aromatic nitrogens is 2. The van der Waals surface area contributed by atoms with Crippen molar-refractivity contribution in [2.75, 3.05) is 0 Å². The molecule has 2 rings (SSSR count). The molecule has 0 aliphatic carbocycles. The third-order valence-corrected chi connectivity index (χ3v) is 2.72. The van der Waals surface area contributed by atoms with Crippen LogP contribution in [0.25, 0.3) is 11.4 Å². The van der Waals surface area contributed by atoms with Crippen LogP contribution in [0.2, 0.25) is 0 Å². The summed E-state index contributed by atoms with van der Waals surface area (Å²) < 4.78 is 42.2. The fraction of sp³-hybridized carbons (Fsp3) is 0.308. The van der Waals surface area contributed by atoms with Crippen LogP contribution in [0.4, 0.5) is 13.2 Å². The van der Waals surface area contributed by atoms with Crippen LogP contribution >= 0.6 is 0 Å². The third kappa shape index (κ3) is 4.04. The molecule has 0 atom stereocenters. The molecule has 0 amide bonds. The molecule has 0 bridgehead atoms. The first-order valence-electron chi connectivity index (χ1n) is 6.08. The molecule has 1 heterocycles. The largest absolute Gasteiger partial charge is 0.481 e. The second kappa shape index (κ2) is 5.94. The molecule has 1 aromatic heterocycles. The van der Waals surface area contributed by atoms with Gasteiger partial charge in [0.2, 0.25) is 11.7 Å². The number of hydrogen-bond donors (Lipinski definition) is 1. The number of rotatable bonds is 5. The Kier molecular flexibility index (Phi) is 4.25. The van der Waals surface area contributed by atoms with E-state index in [2.05, 4.69) is 10.1 Å². The number of aryl methyl sites for hydroxylation is 1. The van der Waals surface area contributed by atoms with Gasteiger partial charge in [-0.05, 0) is 18.6 Å². The van der Waals surface area contributed by atoms with Gasteiger partial charge in [0.15, 0.2) is 0 Å². The lowest BCUT2D eigenvalue weighted by molar-refractivity contribution is -0.138. The summed E-state index contributed by atoms with van der Waals surface area (Å²) >= 11 is 0. The molecule has 21 heavy (non-hydrogen) atoms. The number of nitrogens with zero attached hydrogens (tertiary/aromatic N) is 2. The highest BCUT2D eigenvalue weighted by molar-refractivity contribution is 5.66. The molecule has 1 aromatic carbocycles. The summed E-state index contributed by atoms with van der Waals surface area (Å²) in [5.74, 6) is -0.488. The minimum Gasteiger partial charge on any atom is -0.481 e. The van der Waals surface area contributed by atoms with E-state index in [0.29, 0.717) is 18.4 Å². The molecule has 0 fully saturated rings. The molecule has 0 radical (unpaired) electrons. The predicted octanol–water partition coefficient (Wildman–Crippen LogP) is 3.16. The van der Waals surface area contributed by atoms with Crippen molar-refractivity contribution in [3.63, 3.8) is 0 Å².